The quantitative estimate of drug-likeness (QED) is 0.615. The topological polar surface area (TPSA) is 3.24 Å². The number of rotatable bonds is 3. The summed E-state index contributed by atoms with van der Waals surface area (Å²) < 4.78 is 0. The molecule has 12 heavy (non-hydrogen) atoms. The fourth-order valence-corrected chi connectivity index (χ4v) is 1.61. The van der Waals surface area contributed by atoms with E-state index in [-0.39, 0.29) is 12.4 Å². The van der Waals surface area contributed by atoms with Crippen LogP contribution in [-0.2, 0) is 0 Å². The second-order valence-corrected chi connectivity index (χ2v) is 3.06. The first-order valence-corrected chi connectivity index (χ1v) is 4.37. The zero-order valence-electron chi connectivity index (χ0n) is 7.54. The molecule has 0 aliphatic carbocycles. The van der Waals surface area contributed by atoms with Gasteiger partial charge in [-0.05, 0) is 25.9 Å². The number of likely N-dealkylation sites (tertiary alicyclic amines) is 1. The minimum atomic E-state index is 0. The first-order chi connectivity index (χ1) is 5.38. The van der Waals surface area contributed by atoms with E-state index in [1.54, 1.807) is 0 Å². The van der Waals surface area contributed by atoms with E-state index in [1.807, 2.05) is 12.2 Å². The Morgan fingerprint density at radius 1 is 1.00 bits per heavy atom. The van der Waals surface area contributed by atoms with Crippen LogP contribution in [0.15, 0.2) is 25.3 Å². The molecule has 0 aromatic heterocycles. The van der Waals surface area contributed by atoms with Gasteiger partial charge in [-0.1, -0.05) is 18.6 Å². The lowest BCUT2D eigenvalue weighted by molar-refractivity contribution is 0.216. The van der Waals surface area contributed by atoms with Gasteiger partial charge in [-0.2, -0.15) is 0 Å². The molecule has 0 saturated carbocycles. The van der Waals surface area contributed by atoms with Crippen molar-refractivity contribution in [2.75, 3.05) is 13.1 Å². The molecular weight excluding hydrogens is 170 g/mol. The Hall–Kier alpha value is -0.270. The standard InChI is InChI=1S/C10H17N.ClH/c1-3-10(4-2)11-8-6-5-7-9-11;/h3-4,10H,1-2,5-9H2;1H. The Morgan fingerprint density at radius 2 is 1.50 bits per heavy atom. The van der Waals surface area contributed by atoms with E-state index in [2.05, 4.69) is 18.1 Å². The van der Waals surface area contributed by atoms with Gasteiger partial charge in [0.15, 0.2) is 0 Å². The number of hydrogen-bond donors (Lipinski definition) is 0. The highest BCUT2D eigenvalue weighted by molar-refractivity contribution is 5.85. The van der Waals surface area contributed by atoms with Crippen LogP contribution >= 0.6 is 12.4 Å². The highest BCUT2D eigenvalue weighted by atomic mass is 35.5. The van der Waals surface area contributed by atoms with E-state index in [1.165, 1.54) is 32.4 Å². The summed E-state index contributed by atoms with van der Waals surface area (Å²) in [5.41, 5.74) is 0. The molecule has 0 aromatic rings. The minimum Gasteiger partial charge on any atom is -0.293 e. The summed E-state index contributed by atoms with van der Waals surface area (Å²) in [6.45, 7) is 10.0. The SMILES string of the molecule is C=CC(C=C)N1CCCCC1.Cl. The predicted octanol–water partition coefficient (Wildman–Crippen LogP) is 2.63. The fraction of sp³-hybridized carbons (Fsp3) is 0.600. The second-order valence-electron chi connectivity index (χ2n) is 3.06. The Labute approximate surface area is 81.6 Å². The molecular formula is C10H18ClN. The molecule has 1 nitrogen and oxygen atoms in total. The normalized spacial score (nSPS) is 18.4. The minimum absolute atomic E-state index is 0. The molecule has 0 amide bonds. The van der Waals surface area contributed by atoms with Crippen molar-refractivity contribution < 1.29 is 0 Å². The molecule has 1 aliphatic rings. The van der Waals surface area contributed by atoms with Crippen LogP contribution in [0.1, 0.15) is 19.3 Å². The van der Waals surface area contributed by atoms with Gasteiger partial charge in [-0.15, -0.1) is 25.6 Å². The summed E-state index contributed by atoms with van der Waals surface area (Å²) in [6, 6.07) is 0.398. The average molecular weight is 188 g/mol. The molecule has 0 atom stereocenters. The van der Waals surface area contributed by atoms with Gasteiger partial charge in [0.1, 0.15) is 0 Å². The van der Waals surface area contributed by atoms with Crippen LogP contribution in [0.25, 0.3) is 0 Å². The molecule has 0 N–H and O–H groups in total. The average Bonchev–Trinajstić information content (AvgIpc) is 2.09. The molecule has 2 heteroatoms. The van der Waals surface area contributed by atoms with Crippen molar-refractivity contribution in [3.05, 3.63) is 25.3 Å². The monoisotopic (exact) mass is 187 g/mol. The molecule has 1 aliphatic heterocycles. The predicted molar refractivity (Wildman–Crippen MR) is 56.9 cm³/mol. The fourth-order valence-electron chi connectivity index (χ4n) is 1.61. The molecule has 0 bridgehead atoms. The van der Waals surface area contributed by atoms with Gasteiger partial charge in [0.05, 0.1) is 0 Å². The number of halogens is 1. The van der Waals surface area contributed by atoms with Crippen LogP contribution in [0.4, 0.5) is 0 Å². The van der Waals surface area contributed by atoms with Gasteiger partial charge < -0.3 is 0 Å². The smallest absolute Gasteiger partial charge is 0.0456 e. The second kappa shape index (κ2) is 6.27. The van der Waals surface area contributed by atoms with Crippen LogP contribution in [-0.4, -0.2) is 24.0 Å². The first-order valence-electron chi connectivity index (χ1n) is 4.37. The third-order valence-corrected chi connectivity index (χ3v) is 2.30. The van der Waals surface area contributed by atoms with E-state index in [0.29, 0.717) is 6.04 Å². The molecule has 70 valence electrons. The third kappa shape index (κ3) is 3.00. The molecule has 1 fully saturated rings. The van der Waals surface area contributed by atoms with Gasteiger partial charge in [0.25, 0.3) is 0 Å². The van der Waals surface area contributed by atoms with Crippen molar-refractivity contribution >= 4 is 12.4 Å². The largest absolute Gasteiger partial charge is 0.293 e. The van der Waals surface area contributed by atoms with Gasteiger partial charge in [0.2, 0.25) is 0 Å². The highest BCUT2D eigenvalue weighted by Gasteiger charge is 2.14. The Balaban J connectivity index is 0.00000121. The van der Waals surface area contributed by atoms with Crippen molar-refractivity contribution in [3.63, 3.8) is 0 Å². The molecule has 0 spiro atoms. The summed E-state index contributed by atoms with van der Waals surface area (Å²) in [6.07, 6.45) is 7.99. The van der Waals surface area contributed by atoms with E-state index >= 15 is 0 Å². The van der Waals surface area contributed by atoms with Crippen LogP contribution in [0.2, 0.25) is 0 Å². The molecule has 0 radical (unpaired) electrons. The molecule has 1 saturated heterocycles. The van der Waals surface area contributed by atoms with Crippen LogP contribution in [0, 0.1) is 0 Å². The van der Waals surface area contributed by atoms with E-state index in [9.17, 15) is 0 Å². The zero-order chi connectivity index (χ0) is 8.10. The van der Waals surface area contributed by atoms with Crippen molar-refractivity contribution in [2.45, 2.75) is 25.3 Å². The van der Waals surface area contributed by atoms with Gasteiger partial charge in [0, 0.05) is 6.04 Å². The van der Waals surface area contributed by atoms with Crippen LogP contribution < -0.4 is 0 Å². The lowest BCUT2D eigenvalue weighted by Crippen LogP contribution is -2.36. The van der Waals surface area contributed by atoms with Crippen molar-refractivity contribution in [1.82, 2.24) is 4.90 Å². The highest BCUT2D eigenvalue weighted by Crippen LogP contribution is 2.12. The molecule has 0 unspecified atom stereocenters. The summed E-state index contributed by atoms with van der Waals surface area (Å²) in [4.78, 5) is 2.43. The van der Waals surface area contributed by atoms with E-state index in [0.717, 1.165) is 0 Å². The number of piperidine rings is 1. The molecule has 1 heterocycles. The van der Waals surface area contributed by atoms with Crippen molar-refractivity contribution in [2.24, 2.45) is 0 Å². The van der Waals surface area contributed by atoms with Gasteiger partial charge in [-0.3, -0.25) is 4.90 Å². The van der Waals surface area contributed by atoms with Gasteiger partial charge in [-0.25, -0.2) is 0 Å². The van der Waals surface area contributed by atoms with Crippen LogP contribution in [0.5, 0.6) is 0 Å². The Kier molecular flexibility index (Phi) is 6.13. The Bertz CT molecular complexity index is 131. The molecule has 0 aromatic carbocycles. The summed E-state index contributed by atoms with van der Waals surface area (Å²) in [5.74, 6) is 0. The number of hydrogen-bond acceptors (Lipinski definition) is 1. The van der Waals surface area contributed by atoms with Gasteiger partial charge >= 0.3 is 0 Å². The lowest BCUT2D eigenvalue weighted by Gasteiger charge is -2.30. The van der Waals surface area contributed by atoms with E-state index in [4.69, 9.17) is 0 Å². The summed E-state index contributed by atoms with van der Waals surface area (Å²) >= 11 is 0. The van der Waals surface area contributed by atoms with Crippen molar-refractivity contribution in [3.8, 4) is 0 Å². The third-order valence-electron chi connectivity index (χ3n) is 2.30. The first kappa shape index (κ1) is 11.7. The summed E-state index contributed by atoms with van der Waals surface area (Å²) in [7, 11) is 0. The van der Waals surface area contributed by atoms with E-state index < -0.39 is 0 Å². The van der Waals surface area contributed by atoms with Crippen LogP contribution in [0.3, 0.4) is 0 Å². The molecule has 1 rings (SSSR count). The lowest BCUT2D eigenvalue weighted by atomic mass is 10.1. The maximum Gasteiger partial charge on any atom is 0.0456 e. The maximum atomic E-state index is 3.79. The zero-order valence-corrected chi connectivity index (χ0v) is 8.35. The maximum absolute atomic E-state index is 3.79. The summed E-state index contributed by atoms with van der Waals surface area (Å²) in [5, 5.41) is 0. The number of nitrogens with zero attached hydrogens (tertiary/aromatic N) is 1. The Morgan fingerprint density at radius 3 is 1.92 bits per heavy atom. The van der Waals surface area contributed by atoms with Crippen molar-refractivity contribution in [1.29, 1.82) is 0 Å².